The van der Waals surface area contributed by atoms with Gasteiger partial charge in [0.25, 0.3) is 5.56 Å². The van der Waals surface area contributed by atoms with E-state index in [1.54, 1.807) is 42.8 Å². The monoisotopic (exact) mass is 372 g/mol. The zero-order valence-electron chi connectivity index (χ0n) is 14.2. The van der Waals surface area contributed by atoms with Crippen LogP contribution in [0.25, 0.3) is 4.96 Å². The number of nitrogens with zero attached hydrogens (tertiary/aromatic N) is 2. The van der Waals surface area contributed by atoms with E-state index in [4.69, 9.17) is 9.47 Å². The third-order valence-corrected chi connectivity index (χ3v) is 4.38. The lowest BCUT2D eigenvalue weighted by atomic mass is 10.1. The van der Waals surface area contributed by atoms with E-state index in [9.17, 15) is 14.4 Å². The number of hydrogen-bond donors (Lipinski definition) is 0. The van der Waals surface area contributed by atoms with Gasteiger partial charge in [0, 0.05) is 23.2 Å². The average Bonchev–Trinajstić information content (AvgIpc) is 3.09. The van der Waals surface area contributed by atoms with E-state index in [-0.39, 0.29) is 17.9 Å². The first-order valence-electron chi connectivity index (χ1n) is 7.84. The molecule has 1 aromatic carbocycles. The number of ketones is 1. The molecule has 1 atom stereocenters. The Kier molecular flexibility index (Phi) is 5.13. The van der Waals surface area contributed by atoms with Gasteiger partial charge in [-0.3, -0.25) is 14.0 Å². The van der Waals surface area contributed by atoms with Gasteiger partial charge < -0.3 is 9.47 Å². The van der Waals surface area contributed by atoms with Gasteiger partial charge in [-0.25, -0.2) is 9.78 Å². The lowest BCUT2D eigenvalue weighted by Crippen LogP contribution is -2.26. The molecule has 3 aromatic rings. The lowest BCUT2D eigenvalue weighted by Gasteiger charge is -2.14. The van der Waals surface area contributed by atoms with Gasteiger partial charge in [0.1, 0.15) is 12.4 Å². The van der Waals surface area contributed by atoms with Crippen molar-refractivity contribution in [1.82, 2.24) is 9.38 Å². The molecule has 0 bridgehead atoms. The van der Waals surface area contributed by atoms with E-state index < -0.39 is 12.1 Å². The van der Waals surface area contributed by atoms with E-state index in [1.165, 1.54) is 28.7 Å². The van der Waals surface area contributed by atoms with E-state index >= 15 is 0 Å². The Balaban J connectivity index is 1.59. The second-order valence-electron chi connectivity index (χ2n) is 5.59. The molecule has 7 nitrogen and oxygen atoms in total. The van der Waals surface area contributed by atoms with Gasteiger partial charge in [0.15, 0.2) is 16.8 Å². The zero-order chi connectivity index (χ0) is 18.7. The summed E-state index contributed by atoms with van der Waals surface area (Å²) in [5, 5.41) is 1.76. The van der Waals surface area contributed by atoms with Crippen LogP contribution in [0.5, 0.6) is 5.75 Å². The Morgan fingerprint density at radius 1 is 1.27 bits per heavy atom. The van der Waals surface area contributed by atoms with E-state index in [2.05, 4.69) is 4.98 Å². The number of fused-ring (bicyclic) bond motifs is 1. The molecular weight excluding hydrogens is 356 g/mol. The van der Waals surface area contributed by atoms with Crippen LogP contribution in [0.1, 0.15) is 29.9 Å². The van der Waals surface area contributed by atoms with Crippen molar-refractivity contribution in [2.45, 2.75) is 26.6 Å². The molecule has 134 valence electrons. The van der Waals surface area contributed by atoms with Crippen molar-refractivity contribution in [1.29, 1.82) is 0 Å². The number of hydrogen-bond acceptors (Lipinski definition) is 7. The molecule has 0 saturated heterocycles. The number of carbonyl (C=O) groups is 2. The number of carbonyl (C=O) groups excluding carboxylic acids is 2. The first-order valence-corrected chi connectivity index (χ1v) is 8.72. The molecular formula is C18H16N2O5S. The van der Waals surface area contributed by atoms with Crippen LogP contribution in [0, 0.1) is 0 Å². The van der Waals surface area contributed by atoms with Gasteiger partial charge in [-0.2, -0.15) is 0 Å². The quantitative estimate of drug-likeness (QED) is 0.488. The second kappa shape index (κ2) is 7.49. The van der Waals surface area contributed by atoms with Crippen LogP contribution in [0.2, 0.25) is 0 Å². The number of Topliss-reactive ketones (excluding diaryl/α,β-unsaturated/α-hetero) is 1. The smallest absolute Gasteiger partial charge is 0.347 e. The Labute approximate surface area is 152 Å². The number of aromatic nitrogens is 2. The number of rotatable bonds is 6. The van der Waals surface area contributed by atoms with E-state index in [0.29, 0.717) is 22.0 Å². The highest BCUT2D eigenvalue weighted by atomic mass is 32.1. The Bertz CT molecular complexity index is 1010. The fraction of sp³-hybridized carbons (Fsp3) is 0.222. The maximum Gasteiger partial charge on any atom is 0.347 e. The first-order chi connectivity index (χ1) is 12.4. The first kappa shape index (κ1) is 17.8. The summed E-state index contributed by atoms with van der Waals surface area (Å²) in [6, 6.07) is 7.83. The summed E-state index contributed by atoms with van der Waals surface area (Å²) in [6.45, 7) is 2.93. The third kappa shape index (κ3) is 3.97. The third-order valence-electron chi connectivity index (χ3n) is 3.62. The minimum atomic E-state index is -0.843. The highest BCUT2D eigenvalue weighted by Gasteiger charge is 2.17. The van der Waals surface area contributed by atoms with Crippen LogP contribution in [0.15, 0.2) is 46.7 Å². The van der Waals surface area contributed by atoms with Gasteiger partial charge in [-0.1, -0.05) is 0 Å². The summed E-state index contributed by atoms with van der Waals surface area (Å²) in [5.41, 5.74) is 0.717. The maximum atomic E-state index is 12.1. The van der Waals surface area contributed by atoms with Gasteiger partial charge in [0.2, 0.25) is 0 Å². The Morgan fingerprint density at radius 2 is 2.00 bits per heavy atom. The van der Waals surface area contributed by atoms with Crippen molar-refractivity contribution >= 4 is 28.1 Å². The van der Waals surface area contributed by atoms with Gasteiger partial charge in [-0.15, -0.1) is 11.3 Å². The molecule has 0 aliphatic heterocycles. The molecule has 26 heavy (non-hydrogen) atoms. The number of benzene rings is 1. The topological polar surface area (TPSA) is 87.0 Å². The SMILES string of the molecule is CC(=O)c1ccc(O[C@@H](C)C(=O)OCc2cc(=O)n3ccsc3n2)cc1. The highest BCUT2D eigenvalue weighted by Crippen LogP contribution is 2.15. The zero-order valence-corrected chi connectivity index (χ0v) is 15.0. The molecule has 0 aliphatic carbocycles. The molecule has 0 spiro atoms. The summed E-state index contributed by atoms with van der Waals surface area (Å²) in [4.78, 5) is 40.0. The molecule has 2 heterocycles. The summed E-state index contributed by atoms with van der Waals surface area (Å²) >= 11 is 1.32. The largest absolute Gasteiger partial charge is 0.479 e. The fourth-order valence-corrected chi connectivity index (χ4v) is 2.98. The van der Waals surface area contributed by atoms with E-state index in [0.717, 1.165) is 0 Å². The molecule has 0 unspecified atom stereocenters. The van der Waals surface area contributed by atoms with Crippen molar-refractivity contribution < 1.29 is 19.1 Å². The lowest BCUT2D eigenvalue weighted by molar-refractivity contribution is -0.152. The molecule has 0 aliphatic rings. The van der Waals surface area contributed by atoms with Crippen LogP contribution >= 0.6 is 11.3 Å². The number of thiazole rings is 1. The molecule has 0 amide bonds. The molecule has 0 fully saturated rings. The van der Waals surface area contributed by atoms with E-state index in [1.807, 2.05) is 0 Å². The molecule has 8 heteroatoms. The molecule has 0 radical (unpaired) electrons. The summed E-state index contributed by atoms with van der Waals surface area (Å²) in [7, 11) is 0. The second-order valence-corrected chi connectivity index (χ2v) is 6.46. The number of esters is 1. The van der Waals surface area contributed by atoms with Crippen molar-refractivity contribution in [2.24, 2.45) is 0 Å². The summed E-state index contributed by atoms with van der Waals surface area (Å²) < 4.78 is 12.1. The molecule has 2 aromatic heterocycles. The molecule has 0 saturated carbocycles. The van der Waals surface area contributed by atoms with Crippen LogP contribution in [-0.4, -0.2) is 27.2 Å². The van der Waals surface area contributed by atoms with Gasteiger partial charge >= 0.3 is 5.97 Å². The van der Waals surface area contributed by atoms with Crippen molar-refractivity contribution in [3.05, 3.63) is 63.5 Å². The predicted octanol–water partition coefficient (Wildman–Crippen LogP) is 2.47. The summed E-state index contributed by atoms with van der Waals surface area (Å²) in [6.07, 6.45) is 0.794. The van der Waals surface area contributed by atoms with Gasteiger partial charge in [-0.05, 0) is 38.1 Å². The predicted molar refractivity (Wildman–Crippen MR) is 95.7 cm³/mol. The van der Waals surface area contributed by atoms with Crippen molar-refractivity contribution in [3.8, 4) is 5.75 Å². The standard InChI is InChI=1S/C18H16N2O5S/c1-11(21)13-3-5-15(6-4-13)25-12(2)17(23)24-10-14-9-16(22)20-7-8-26-18(20)19-14/h3-9,12H,10H2,1-2H3/t12-/m0/s1. The van der Waals surface area contributed by atoms with Gasteiger partial charge in [0.05, 0.1) is 5.69 Å². The van der Waals surface area contributed by atoms with Crippen LogP contribution in [-0.2, 0) is 16.1 Å². The van der Waals surface area contributed by atoms with Crippen molar-refractivity contribution in [3.63, 3.8) is 0 Å². The summed E-state index contributed by atoms with van der Waals surface area (Å²) in [5.74, 6) is -0.167. The fourth-order valence-electron chi connectivity index (χ4n) is 2.24. The minimum absolute atomic E-state index is 0.0462. The van der Waals surface area contributed by atoms with Crippen LogP contribution in [0.3, 0.4) is 0 Å². The Morgan fingerprint density at radius 3 is 2.69 bits per heavy atom. The minimum Gasteiger partial charge on any atom is -0.479 e. The maximum absolute atomic E-state index is 12.1. The van der Waals surface area contributed by atoms with Crippen LogP contribution < -0.4 is 10.3 Å². The molecule has 0 N–H and O–H groups in total. The van der Waals surface area contributed by atoms with Crippen molar-refractivity contribution in [2.75, 3.05) is 0 Å². The number of ether oxygens (including phenoxy) is 2. The molecule has 3 rings (SSSR count). The Hall–Kier alpha value is -3.00. The average molecular weight is 372 g/mol. The highest BCUT2D eigenvalue weighted by molar-refractivity contribution is 7.15. The normalized spacial score (nSPS) is 11.9. The van der Waals surface area contributed by atoms with Crippen LogP contribution in [0.4, 0.5) is 0 Å².